The van der Waals surface area contributed by atoms with E-state index < -0.39 is 42.3 Å². The number of rotatable bonds is 5. The Balaban J connectivity index is 1.79. The van der Waals surface area contributed by atoms with Crippen molar-refractivity contribution < 1.29 is 29.9 Å². The van der Waals surface area contributed by atoms with Crippen molar-refractivity contribution in [3.05, 3.63) is 63.7 Å². The van der Waals surface area contributed by atoms with Crippen LogP contribution >= 0.6 is 0 Å². The fourth-order valence-electron chi connectivity index (χ4n) is 4.51. The molecular weight excluding hydrogens is 394 g/mol. The molecular formula is C23H26B2O6. The molecule has 31 heavy (non-hydrogen) atoms. The third-order valence-electron chi connectivity index (χ3n) is 6.57. The molecule has 1 aliphatic heterocycles. The third-order valence-corrected chi connectivity index (χ3v) is 6.57. The first kappa shape index (κ1) is 22.4. The van der Waals surface area contributed by atoms with E-state index in [4.69, 9.17) is 25.2 Å². The minimum Gasteiger partial charge on any atom is -0.496 e. The van der Waals surface area contributed by atoms with Gasteiger partial charge in [0.2, 0.25) is 0 Å². The number of benzene rings is 2. The molecule has 2 aromatic rings. The average Bonchev–Trinajstić information content (AvgIpc) is 2.73. The van der Waals surface area contributed by atoms with E-state index in [9.17, 15) is 20.4 Å². The Labute approximate surface area is 184 Å². The van der Waals surface area contributed by atoms with E-state index in [2.05, 4.69) is 0 Å². The summed E-state index contributed by atoms with van der Waals surface area (Å²) in [5.74, 6) is 0.415. The number of ether oxygens (including phenoxy) is 2. The molecule has 0 unspecified atom stereocenters. The van der Waals surface area contributed by atoms with Crippen LogP contribution in [0.15, 0.2) is 30.3 Å². The van der Waals surface area contributed by atoms with Crippen LogP contribution in [0.2, 0.25) is 0 Å². The highest BCUT2D eigenvalue weighted by atomic mass is 16.5. The fourth-order valence-corrected chi connectivity index (χ4v) is 4.51. The molecule has 1 heterocycles. The largest absolute Gasteiger partial charge is 0.496 e. The SMILES string of the molecule is [B]C([B])(c1ccc2c(c1)CC2)c1cc([C@@H]2O[C@H](CO)[C@@H](O)[C@H](O)[C@H]2O)c(OC)cc1C. The van der Waals surface area contributed by atoms with Crippen LogP contribution < -0.4 is 4.74 Å². The summed E-state index contributed by atoms with van der Waals surface area (Å²) in [4.78, 5) is 0. The average molecular weight is 420 g/mol. The lowest BCUT2D eigenvalue weighted by atomic mass is 9.47. The van der Waals surface area contributed by atoms with Gasteiger partial charge in [-0.3, -0.25) is 0 Å². The fraction of sp³-hybridized carbons (Fsp3) is 0.478. The monoisotopic (exact) mass is 420 g/mol. The van der Waals surface area contributed by atoms with E-state index in [1.165, 1.54) is 18.2 Å². The van der Waals surface area contributed by atoms with Gasteiger partial charge in [0.05, 0.1) is 29.4 Å². The molecule has 4 N–H and O–H groups in total. The summed E-state index contributed by atoms with van der Waals surface area (Å²) in [6.45, 7) is 1.35. The summed E-state index contributed by atoms with van der Waals surface area (Å²) in [5, 5.41) is 39.2. The van der Waals surface area contributed by atoms with Crippen molar-refractivity contribution in [1.82, 2.24) is 0 Å². The Kier molecular flexibility index (Phi) is 5.96. The Morgan fingerprint density at radius 2 is 1.74 bits per heavy atom. The molecule has 1 fully saturated rings. The highest BCUT2D eigenvalue weighted by molar-refractivity contribution is 6.42. The quantitative estimate of drug-likeness (QED) is 0.515. The van der Waals surface area contributed by atoms with E-state index in [0.29, 0.717) is 16.9 Å². The first-order valence-corrected chi connectivity index (χ1v) is 10.4. The van der Waals surface area contributed by atoms with Gasteiger partial charge in [0.15, 0.2) is 0 Å². The van der Waals surface area contributed by atoms with Crippen molar-refractivity contribution in [3.8, 4) is 5.75 Å². The Morgan fingerprint density at radius 3 is 2.32 bits per heavy atom. The topological polar surface area (TPSA) is 99.4 Å². The van der Waals surface area contributed by atoms with Gasteiger partial charge in [0.25, 0.3) is 0 Å². The Bertz CT molecular complexity index is 977. The van der Waals surface area contributed by atoms with Crippen molar-refractivity contribution in [2.75, 3.05) is 13.7 Å². The molecule has 5 atom stereocenters. The summed E-state index contributed by atoms with van der Waals surface area (Å²) >= 11 is 0. The molecule has 0 amide bonds. The summed E-state index contributed by atoms with van der Waals surface area (Å²) < 4.78 is 11.2. The second kappa shape index (κ2) is 8.26. The van der Waals surface area contributed by atoms with E-state index in [-0.39, 0.29) is 0 Å². The molecule has 4 radical (unpaired) electrons. The van der Waals surface area contributed by atoms with Gasteiger partial charge in [-0.25, -0.2) is 0 Å². The standard InChI is InChI=1S/C23H26B2O6/c1-11-7-17(30-2)15(22-21(29)20(28)19(27)18(10-26)31-22)9-16(11)23(24,25)14-6-5-12-3-4-13(12)8-14/h5-9,18-22,26-29H,3-4,10H2,1-2H3/t18-,19-,20+,21-,22+/m1/s1. The lowest BCUT2D eigenvalue weighted by Gasteiger charge is -2.41. The lowest BCUT2D eigenvalue weighted by Crippen LogP contribution is -2.55. The van der Waals surface area contributed by atoms with Crippen molar-refractivity contribution in [2.24, 2.45) is 0 Å². The predicted molar refractivity (Wildman–Crippen MR) is 117 cm³/mol. The molecule has 6 nitrogen and oxygen atoms in total. The van der Waals surface area contributed by atoms with Gasteiger partial charge in [-0.1, -0.05) is 34.5 Å². The predicted octanol–water partition coefficient (Wildman–Crippen LogP) is 0.155. The highest BCUT2D eigenvalue weighted by Crippen LogP contribution is 2.41. The van der Waals surface area contributed by atoms with Gasteiger partial charge in [-0.15, -0.1) is 0 Å². The number of hydrogen-bond acceptors (Lipinski definition) is 6. The normalized spacial score (nSPS) is 28.0. The minimum atomic E-state index is -1.50. The minimum absolute atomic E-state index is 0.415. The van der Waals surface area contributed by atoms with Gasteiger partial charge >= 0.3 is 0 Å². The van der Waals surface area contributed by atoms with Crippen LogP contribution in [0.1, 0.15) is 39.5 Å². The number of aliphatic hydroxyl groups is 4. The van der Waals surface area contributed by atoms with Gasteiger partial charge in [0, 0.05) is 5.56 Å². The second-order valence-electron chi connectivity index (χ2n) is 8.51. The number of methoxy groups -OCH3 is 1. The van der Waals surface area contributed by atoms with Crippen LogP contribution in [0.25, 0.3) is 0 Å². The number of fused-ring (bicyclic) bond motifs is 1. The van der Waals surface area contributed by atoms with Crippen LogP contribution in [0, 0.1) is 6.92 Å². The molecule has 4 rings (SSSR count). The van der Waals surface area contributed by atoms with E-state index >= 15 is 0 Å². The first-order valence-electron chi connectivity index (χ1n) is 10.4. The maximum atomic E-state index is 10.6. The molecule has 160 valence electrons. The van der Waals surface area contributed by atoms with Crippen LogP contribution in [-0.2, 0) is 22.8 Å². The molecule has 2 aromatic carbocycles. The molecule has 1 saturated heterocycles. The third kappa shape index (κ3) is 3.70. The lowest BCUT2D eigenvalue weighted by molar-refractivity contribution is -0.232. The van der Waals surface area contributed by atoms with Crippen LogP contribution in [0.4, 0.5) is 0 Å². The number of aryl methyl sites for hydroxylation is 3. The maximum Gasteiger partial charge on any atom is 0.125 e. The first-order chi connectivity index (χ1) is 14.7. The maximum absolute atomic E-state index is 10.6. The van der Waals surface area contributed by atoms with E-state index in [0.717, 1.165) is 24.0 Å². The molecule has 1 aliphatic carbocycles. The van der Waals surface area contributed by atoms with Crippen LogP contribution in [0.5, 0.6) is 5.75 Å². The summed E-state index contributed by atoms with van der Waals surface area (Å²) in [6, 6.07) is 9.45. The number of aliphatic hydroxyl groups excluding tert-OH is 4. The molecule has 8 heteroatoms. The van der Waals surface area contributed by atoms with Gasteiger partial charge in [-0.2, -0.15) is 0 Å². The van der Waals surface area contributed by atoms with E-state index in [1.54, 1.807) is 12.1 Å². The van der Waals surface area contributed by atoms with Gasteiger partial charge < -0.3 is 29.9 Å². The second-order valence-corrected chi connectivity index (χ2v) is 8.51. The van der Waals surface area contributed by atoms with Gasteiger partial charge in [-0.05, 0) is 48.6 Å². The zero-order valence-electron chi connectivity index (χ0n) is 17.7. The van der Waals surface area contributed by atoms with Crippen molar-refractivity contribution >= 4 is 15.7 Å². The Morgan fingerprint density at radius 1 is 1.03 bits per heavy atom. The zero-order chi connectivity index (χ0) is 22.5. The van der Waals surface area contributed by atoms with E-state index in [1.807, 2.05) is 25.1 Å². The molecule has 0 spiro atoms. The smallest absolute Gasteiger partial charge is 0.125 e. The Hall–Kier alpha value is -1.83. The highest BCUT2D eigenvalue weighted by Gasteiger charge is 2.45. The molecule has 0 bridgehead atoms. The number of hydrogen-bond donors (Lipinski definition) is 4. The summed E-state index contributed by atoms with van der Waals surface area (Å²) in [7, 11) is 14.8. The van der Waals surface area contributed by atoms with Crippen LogP contribution in [0.3, 0.4) is 0 Å². The molecule has 2 aliphatic rings. The zero-order valence-corrected chi connectivity index (χ0v) is 17.7. The van der Waals surface area contributed by atoms with Crippen LogP contribution in [-0.4, -0.2) is 74.3 Å². The molecule has 0 saturated carbocycles. The van der Waals surface area contributed by atoms with Crippen molar-refractivity contribution in [1.29, 1.82) is 0 Å². The van der Waals surface area contributed by atoms with Crippen molar-refractivity contribution in [2.45, 2.75) is 55.5 Å². The van der Waals surface area contributed by atoms with Crippen molar-refractivity contribution in [3.63, 3.8) is 0 Å². The molecule has 0 aromatic heterocycles. The van der Waals surface area contributed by atoms with Gasteiger partial charge in [0.1, 0.15) is 36.3 Å². The summed E-state index contributed by atoms with van der Waals surface area (Å²) in [6.07, 6.45) is -4.43. The summed E-state index contributed by atoms with van der Waals surface area (Å²) in [5.41, 5.74) is 5.12.